The maximum absolute atomic E-state index is 13.1. The minimum Gasteiger partial charge on any atom is -0.398 e. The predicted octanol–water partition coefficient (Wildman–Crippen LogP) is 1.52. The molecule has 104 valence electrons. The van der Waals surface area contributed by atoms with Crippen LogP contribution in [0.15, 0.2) is 41.3 Å². The molecule has 0 radical (unpaired) electrons. The third-order valence-corrected chi connectivity index (χ3v) is 2.76. The van der Waals surface area contributed by atoms with E-state index in [4.69, 9.17) is 5.73 Å². The van der Waals surface area contributed by atoms with Crippen molar-refractivity contribution in [2.75, 3.05) is 11.1 Å². The van der Waals surface area contributed by atoms with E-state index >= 15 is 0 Å². The van der Waals surface area contributed by atoms with Gasteiger partial charge >= 0.3 is 0 Å². The molecule has 20 heavy (non-hydrogen) atoms. The number of hydrogen-bond acceptors (Lipinski definition) is 3. The zero-order valence-corrected chi connectivity index (χ0v) is 10.9. The van der Waals surface area contributed by atoms with Crippen LogP contribution in [0.5, 0.6) is 0 Å². The molecule has 3 N–H and O–H groups in total. The number of pyridine rings is 1. The van der Waals surface area contributed by atoms with Crippen LogP contribution in [0, 0.1) is 12.7 Å². The molecular weight excluding hydrogens is 261 g/mol. The molecule has 0 saturated carbocycles. The second-order valence-corrected chi connectivity index (χ2v) is 4.44. The Bertz CT molecular complexity index is 710. The summed E-state index contributed by atoms with van der Waals surface area (Å²) in [4.78, 5) is 23.4. The Morgan fingerprint density at radius 2 is 2.10 bits per heavy atom. The molecule has 0 saturated heterocycles. The van der Waals surface area contributed by atoms with E-state index in [1.165, 1.54) is 41.1 Å². The van der Waals surface area contributed by atoms with Gasteiger partial charge < -0.3 is 15.6 Å². The van der Waals surface area contributed by atoms with Crippen LogP contribution in [0.1, 0.15) is 5.56 Å². The minimum atomic E-state index is -0.385. The monoisotopic (exact) mass is 275 g/mol. The molecule has 1 aromatic carbocycles. The van der Waals surface area contributed by atoms with Crippen LogP contribution in [0.2, 0.25) is 0 Å². The number of carbonyl (C=O) groups excluding carboxylic acids is 1. The fourth-order valence-corrected chi connectivity index (χ4v) is 1.75. The number of nitrogens with one attached hydrogen (secondary N) is 1. The van der Waals surface area contributed by atoms with Gasteiger partial charge in [-0.2, -0.15) is 0 Å². The summed E-state index contributed by atoms with van der Waals surface area (Å²) in [6.07, 6.45) is 1.40. The first-order valence-electron chi connectivity index (χ1n) is 5.97. The van der Waals surface area contributed by atoms with Crippen LogP contribution in [-0.2, 0) is 11.3 Å². The van der Waals surface area contributed by atoms with Gasteiger partial charge in [-0.25, -0.2) is 4.39 Å². The van der Waals surface area contributed by atoms with Crippen LogP contribution >= 0.6 is 0 Å². The molecule has 2 aromatic rings. The van der Waals surface area contributed by atoms with E-state index in [-0.39, 0.29) is 23.8 Å². The zero-order chi connectivity index (χ0) is 14.7. The number of anilines is 2. The third kappa shape index (κ3) is 3.23. The molecule has 2 rings (SSSR count). The van der Waals surface area contributed by atoms with Crippen LogP contribution in [0.4, 0.5) is 15.8 Å². The summed E-state index contributed by atoms with van der Waals surface area (Å²) < 4.78 is 14.3. The molecule has 0 bridgehead atoms. The molecule has 0 unspecified atom stereocenters. The van der Waals surface area contributed by atoms with Gasteiger partial charge in [0.15, 0.2) is 0 Å². The lowest BCUT2D eigenvalue weighted by atomic mass is 10.2. The number of nitrogens with zero attached hydrogens (tertiary/aromatic N) is 1. The summed E-state index contributed by atoms with van der Waals surface area (Å²) in [7, 11) is 0. The first kappa shape index (κ1) is 13.8. The molecule has 0 spiro atoms. The zero-order valence-electron chi connectivity index (χ0n) is 10.9. The Hall–Kier alpha value is -2.63. The van der Waals surface area contributed by atoms with Crippen LogP contribution < -0.4 is 16.6 Å². The van der Waals surface area contributed by atoms with Gasteiger partial charge in [0.05, 0.1) is 0 Å². The Morgan fingerprint density at radius 3 is 2.80 bits per heavy atom. The van der Waals surface area contributed by atoms with Crippen molar-refractivity contribution < 1.29 is 9.18 Å². The number of carbonyl (C=O) groups is 1. The highest BCUT2D eigenvalue weighted by molar-refractivity contribution is 5.90. The summed E-state index contributed by atoms with van der Waals surface area (Å²) in [6, 6.07) is 7.03. The van der Waals surface area contributed by atoms with E-state index in [0.29, 0.717) is 16.9 Å². The van der Waals surface area contributed by atoms with Gasteiger partial charge in [-0.1, -0.05) is 0 Å². The van der Waals surface area contributed by atoms with E-state index in [1.807, 2.05) is 0 Å². The summed E-state index contributed by atoms with van der Waals surface area (Å²) >= 11 is 0. The molecule has 0 aliphatic carbocycles. The first-order chi connectivity index (χ1) is 9.45. The van der Waals surface area contributed by atoms with Crippen molar-refractivity contribution in [1.82, 2.24) is 4.57 Å². The van der Waals surface area contributed by atoms with Crippen LogP contribution in [0.3, 0.4) is 0 Å². The SMILES string of the molecule is Cc1cc(NC(=O)Cn2cc(N)ccc2=O)ccc1F. The Kier molecular flexibility index (Phi) is 3.84. The van der Waals surface area contributed by atoms with Crippen LogP contribution in [0.25, 0.3) is 0 Å². The highest BCUT2D eigenvalue weighted by atomic mass is 19.1. The number of nitrogen functional groups attached to an aromatic ring is 1. The molecule has 1 aromatic heterocycles. The fourth-order valence-electron chi connectivity index (χ4n) is 1.75. The van der Waals surface area contributed by atoms with E-state index < -0.39 is 0 Å². The highest BCUT2D eigenvalue weighted by Gasteiger charge is 2.06. The Labute approximate surface area is 114 Å². The predicted molar refractivity (Wildman–Crippen MR) is 74.9 cm³/mol. The first-order valence-corrected chi connectivity index (χ1v) is 5.97. The van der Waals surface area contributed by atoms with E-state index in [1.54, 1.807) is 6.92 Å². The number of aromatic nitrogens is 1. The summed E-state index contributed by atoms with van der Waals surface area (Å²) in [5.41, 5.74) is 6.55. The van der Waals surface area contributed by atoms with Crippen LogP contribution in [-0.4, -0.2) is 10.5 Å². The number of rotatable bonds is 3. The van der Waals surface area contributed by atoms with Gasteiger partial charge in [-0.15, -0.1) is 0 Å². The number of halogens is 1. The number of benzene rings is 1. The topological polar surface area (TPSA) is 77.1 Å². The van der Waals surface area contributed by atoms with Crippen molar-refractivity contribution in [3.8, 4) is 0 Å². The summed E-state index contributed by atoms with van der Waals surface area (Å²) in [6.45, 7) is 1.45. The van der Waals surface area contributed by atoms with Crippen molar-refractivity contribution in [1.29, 1.82) is 0 Å². The molecule has 1 amide bonds. The van der Waals surface area contributed by atoms with Crippen molar-refractivity contribution in [3.05, 3.63) is 58.3 Å². The summed E-state index contributed by atoms with van der Waals surface area (Å²) in [5, 5.41) is 2.60. The normalized spacial score (nSPS) is 10.3. The summed E-state index contributed by atoms with van der Waals surface area (Å²) in [5.74, 6) is -0.723. The molecule has 5 nitrogen and oxygen atoms in total. The van der Waals surface area contributed by atoms with Gasteiger partial charge in [-0.3, -0.25) is 9.59 Å². The van der Waals surface area contributed by atoms with Gasteiger partial charge in [0.25, 0.3) is 5.56 Å². The Balaban J connectivity index is 2.11. The molecule has 0 atom stereocenters. The fraction of sp³-hybridized carbons (Fsp3) is 0.143. The molecule has 0 fully saturated rings. The lowest BCUT2D eigenvalue weighted by molar-refractivity contribution is -0.116. The van der Waals surface area contributed by atoms with E-state index in [0.717, 1.165) is 0 Å². The van der Waals surface area contributed by atoms with Gasteiger partial charge in [0, 0.05) is 23.6 Å². The van der Waals surface area contributed by atoms with Crippen molar-refractivity contribution >= 4 is 17.3 Å². The minimum absolute atomic E-state index is 0.152. The van der Waals surface area contributed by atoms with Gasteiger partial charge in [-0.05, 0) is 36.8 Å². The quantitative estimate of drug-likeness (QED) is 0.891. The van der Waals surface area contributed by atoms with Crippen molar-refractivity contribution in [3.63, 3.8) is 0 Å². The number of hydrogen-bond donors (Lipinski definition) is 2. The van der Waals surface area contributed by atoms with E-state index in [9.17, 15) is 14.0 Å². The standard InChI is InChI=1S/C14H14FN3O2/c1-9-6-11(3-4-12(9)15)17-13(19)8-18-7-10(16)2-5-14(18)20/h2-7H,8,16H2,1H3,(H,17,19). The molecule has 0 aliphatic rings. The van der Waals surface area contributed by atoms with E-state index in [2.05, 4.69) is 5.32 Å². The second-order valence-electron chi connectivity index (χ2n) is 4.44. The average Bonchev–Trinajstić information content (AvgIpc) is 2.38. The lowest BCUT2D eigenvalue weighted by Crippen LogP contribution is -2.27. The highest BCUT2D eigenvalue weighted by Crippen LogP contribution is 2.13. The van der Waals surface area contributed by atoms with Gasteiger partial charge in [0.1, 0.15) is 12.4 Å². The third-order valence-electron chi connectivity index (χ3n) is 2.76. The van der Waals surface area contributed by atoms with Crippen molar-refractivity contribution in [2.45, 2.75) is 13.5 Å². The number of aryl methyl sites for hydroxylation is 1. The number of amides is 1. The molecular formula is C14H14FN3O2. The number of nitrogens with two attached hydrogens (primary N) is 1. The molecule has 6 heteroatoms. The average molecular weight is 275 g/mol. The lowest BCUT2D eigenvalue weighted by Gasteiger charge is -2.08. The van der Waals surface area contributed by atoms with Crippen molar-refractivity contribution in [2.24, 2.45) is 0 Å². The van der Waals surface area contributed by atoms with Gasteiger partial charge in [0.2, 0.25) is 5.91 Å². The Morgan fingerprint density at radius 1 is 1.35 bits per heavy atom. The second kappa shape index (κ2) is 5.56. The smallest absolute Gasteiger partial charge is 0.251 e. The molecule has 0 aliphatic heterocycles. The maximum atomic E-state index is 13.1. The molecule has 1 heterocycles. The maximum Gasteiger partial charge on any atom is 0.251 e. The largest absolute Gasteiger partial charge is 0.398 e.